The van der Waals surface area contributed by atoms with Gasteiger partial charge in [0.2, 0.25) is 5.91 Å². The Hall–Kier alpha value is -3.33. The van der Waals surface area contributed by atoms with Gasteiger partial charge in [0.15, 0.2) is 5.16 Å². The molecule has 5 rings (SSSR count). The number of hydrazine groups is 1. The zero-order valence-electron chi connectivity index (χ0n) is 18.3. The highest BCUT2D eigenvalue weighted by Crippen LogP contribution is 2.33. The number of benzene rings is 2. The van der Waals surface area contributed by atoms with Gasteiger partial charge in [-0.25, -0.2) is 9.78 Å². The quantitative estimate of drug-likeness (QED) is 0.444. The van der Waals surface area contributed by atoms with Crippen LogP contribution in [0.5, 0.6) is 0 Å². The number of nitrogens with one attached hydrogen (secondary N) is 2. The highest BCUT2D eigenvalue weighted by molar-refractivity contribution is 7.99. The van der Waals surface area contributed by atoms with E-state index in [1.54, 1.807) is 0 Å². The highest BCUT2D eigenvalue weighted by Gasteiger charge is 2.52. The second-order valence-electron chi connectivity index (χ2n) is 8.59. The minimum Gasteiger partial charge on any atom is -0.322 e. The Bertz CT molecular complexity index is 1230. The van der Waals surface area contributed by atoms with Gasteiger partial charge in [-0.3, -0.25) is 19.6 Å². The van der Waals surface area contributed by atoms with Gasteiger partial charge in [-0.1, -0.05) is 60.9 Å². The molecular formula is C24H25N5O3S. The van der Waals surface area contributed by atoms with Gasteiger partial charge in [-0.2, -0.15) is 5.01 Å². The summed E-state index contributed by atoms with van der Waals surface area (Å²) in [6, 6.07) is 15.3. The number of urea groups is 1. The number of fused-ring (bicyclic) bond motifs is 1. The van der Waals surface area contributed by atoms with E-state index >= 15 is 0 Å². The molecule has 9 heteroatoms. The Morgan fingerprint density at radius 1 is 1.09 bits per heavy atom. The lowest BCUT2D eigenvalue weighted by molar-refractivity contribution is -0.139. The molecule has 1 aliphatic heterocycles. The molecule has 2 aliphatic rings. The van der Waals surface area contributed by atoms with Crippen LogP contribution < -0.4 is 10.7 Å². The fraction of sp³-hybridized carbons (Fsp3) is 0.333. The minimum atomic E-state index is -0.866. The van der Waals surface area contributed by atoms with Gasteiger partial charge < -0.3 is 5.32 Å². The summed E-state index contributed by atoms with van der Waals surface area (Å²) in [7, 11) is 0. The molecule has 1 aromatic heterocycles. The van der Waals surface area contributed by atoms with Gasteiger partial charge in [-0.05, 0) is 44.0 Å². The lowest BCUT2D eigenvalue weighted by Gasteiger charge is -2.30. The van der Waals surface area contributed by atoms with E-state index in [0.29, 0.717) is 18.0 Å². The summed E-state index contributed by atoms with van der Waals surface area (Å²) < 4.78 is 2.01. The van der Waals surface area contributed by atoms with Gasteiger partial charge >= 0.3 is 6.03 Å². The van der Waals surface area contributed by atoms with Crippen LogP contribution in [0.4, 0.5) is 4.79 Å². The zero-order valence-corrected chi connectivity index (χ0v) is 19.2. The Labute approximate surface area is 195 Å². The first-order valence-electron chi connectivity index (χ1n) is 11.1. The third kappa shape index (κ3) is 3.97. The number of carbonyl (C=O) groups excluding carboxylic acids is 3. The number of carbonyl (C=O) groups is 3. The topological polar surface area (TPSA) is 96.3 Å². The second kappa shape index (κ2) is 8.55. The van der Waals surface area contributed by atoms with E-state index in [0.717, 1.165) is 46.6 Å². The van der Waals surface area contributed by atoms with E-state index in [1.165, 1.54) is 11.8 Å². The maximum atomic E-state index is 12.9. The Kier molecular flexibility index (Phi) is 5.57. The summed E-state index contributed by atoms with van der Waals surface area (Å²) in [6.45, 7) is 2.03. The molecule has 0 bridgehead atoms. The zero-order chi connectivity index (χ0) is 23.0. The molecule has 1 saturated carbocycles. The third-order valence-corrected chi connectivity index (χ3v) is 7.20. The number of nitrogens with zero attached hydrogens (tertiary/aromatic N) is 3. The Morgan fingerprint density at radius 2 is 1.82 bits per heavy atom. The summed E-state index contributed by atoms with van der Waals surface area (Å²) in [4.78, 5) is 42.7. The van der Waals surface area contributed by atoms with Crippen molar-refractivity contribution in [3.63, 3.8) is 0 Å². The van der Waals surface area contributed by atoms with Crippen molar-refractivity contribution in [3.8, 4) is 5.69 Å². The van der Waals surface area contributed by atoms with E-state index < -0.39 is 17.5 Å². The van der Waals surface area contributed by atoms with Gasteiger partial charge in [0.25, 0.3) is 5.91 Å². The molecule has 170 valence electrons. The third-order valence-electron chi connectivity index (χ3n) is 6.26. The van der Waals surface area contributed by atoms with Crippen LogP contribution in [-0.4, -0.2) is 43.7 Å². The van der Waals surface area contributed by atoms with Crippen LogP contribution >= 0.6 is 11.8 Å². The van der Waals surface area contributed by atoms with Crippen molar-refractivity contribution in [1.82, 2.24) is 25.3 Å². The molecule has 33 heavy (non-hydrogen) atoms. The molecule has 2 N–H and O–H groups in total. The van der Waals surface area contributed by atoms with Crippen LogP contribution in [-0.2, 0) is 9.59 Å². The number of aryl methyl sites for hydroxylation is 1. The summed E-state index contributed by atoms with van der Waals surface area (Å²) >= 11 is 1.26. The molecule has 1 aliphatic carbocycles. The molecule has 0 atom stereocenters. The fourth-order valence-electron chi connectivity index (χ4n) is 4.55. The predicted octanol–water partition coefficient (Wildman–Crippen LogP) is 3.71. The minimum absolute atomic E-state index is 0.0131. The van der Waals surface area contributed by atoms with Crippen LogP contribution in [0.1, 0.15) is 37.7 Å². The Balaban J connectivity index is 1.32. The highest BCUT2D eigenvalue weighted by atomic mass is 32.2. The first kappa shape index (κ1) is 21.5. The van der Waals surface area contributed by atoms with E-state index in [-0.39, 0.29) is 11.7 Å². The van der Waals surface area contributed by atoms with Crippen LogP contribution in [0.2, 0.25) is 0 Å². The molecule has 0 unspecified atom stereocenters. The Morgan fingerprint density at radius 3 is 2.58 bits per heavy atom. The summed E-state index contributed by atoms with van der Waals surface area (Å²) in [5.74, 6) is -0.782. The number of imide groups is 1. The van der Waals surface area contributed by atoms with Gasteiger partial charge in [-0.15, -0.1) is 0 Å². The second-order valence-corrected chi connectivity index (χ2v) is 9.53. The van der Waals surface area contributed by atoms with Crippen molar-refractivity contribution in [3.05, 3.63) is 54.1 Å². The molecule has 2 fully saturated rings. The van der Waals surface area contributed by atoms with Crippen LogP contribution in [0.15, 0.2) is 53.7 Å². The number of amides is 4. The average molecular weight is 464 g/mol. The number of hydrogen-bond acceptors (Lipinski definition) is 5. The largest absolute Gasteiger partial charge is 0.344 e. The predicted molar refractivity (Wildman–Crippen MR) is 126 cm³/mol. The lowest BCUT2D eigenvalue weighted by Crippen LogP contribution is -2.51. The SMILES string of the molecule is Cc1ccc(-n2c(SCC(=O)NN3C(=O)NC4(CCCCC4)C3=O)nc3ccccc32)cc1. The van der Waals surface area contributed by atoms with Gasteiger partial charge in [0.1, 0.15) is 5.54 Å². The molecule has 2 heterocycles. The number of para-hydroxylation sites is 2. The number of hydrogen-bond donors (Lipinski definition) is 2. The molecule has 1 spiro atoms. The van der Waals surface area contributed by atoms with E-state index in [2.05, 4.69) is 10.7 Å². The lowest BCUT2D eigenvalue weighted by atomic mass is 9.82. The maximum Gasteiger partial charge on any atom is 0.344 e. The van der Waals surface area contributed by atoms with Crippen molar-refractivity contribution < 1.29 is 14.4 Å². The number of rotatable bonds is 5. The van der Waals surface area contributed by atoms with Crippen LogP contribution in [0.25, 0.3) is 16.7 Å². The molecule has 8 nitrogen and oxygen atoms in total. The van der Waals surface area contributed by atoms with Gasteiger partial charge in [0, 0.05) is 5.69 Å². The smallest absolute Gasteiger partial charge is 0.322 e. The molecule has 2 aromatic carbocycles. The van der Waals surface area contributed by atoms with E-state index in [9.17, 15) is 14.4 Å². The summed E-state index contributed by atoms with van der Waals surface area (Å²) in [6.07, 6.45) is 4.05. The first-order valence-corrected chi connectivity index (χ1v) is 12.1. The average Bonchev–Trinajstić information content (AvgIpc) is 3.29. The van der Waals surface area contributed by atoms with Crippen molar-refractivity contribution >= 4 is 40.6 Å². The number of aromatic nitrogens is 2. The van der Waals surface area contributed by atoms with Crippen molar-refractivity contribution in [2.24, 2.45) is 0 Å². The molecular weight excluding hydrogens is 438 g/mol. The molecule has 1 saturated heterocycles. The van der Waals surface area contributed by atoms with Crippen LogP contribution in [0, 0.1) is 6.92 Å². The number of imidazole rings is 1. The standard InChI is InChI=1S/C24H25N5O3S/c1-16-9-11-17(12-10-16)28-19-8-4-3-7-18(19)25-23(28)33-15-20(30)27-29-21(31)24(26-22(29)32)13-5-2-6-14-24/h3-4,7-12H,2,5-6,13-15H2,1H3,(H,26,32)(H,27,30). The number of thioether (sulfide) groups is 1. The monoisotopic (exact) mass is 463 g/mol. The molecule has 4 amide bonds. The molecule has 3 aromatic rings. The van der Waals surface area contributed by atoms with Crippen molar-refractivity contribution in [1.29, 1.82) is 0 Å². The summed E-state index contributed by atoms with van der Waals surface area (Å²) in [5.41, 5.74) is 5.50. The summed E-state index contributed by atoms with van der Waals surface area (Å²) in [5, 5.41) is 4.31. The maximum absolute atomic E-state index is 12.9. The van der Waals surface area contributed by atoms with Crippen LogP contribution in [0.3, 0.4) is 0 Å². The first-order chi connectivity index (χ1) is 16.0. The van der Waals surface area contributed by atoms with E-state index in [4.69, 9.17) is 4.98 Å². The van der Waals surface area contributed by atoms with Crippen molar-refractivity contribution in [2.75, 3.05) is 5.75 Å². The fourth-order valence-corrected chi connectivity index (χ4v) is 5.37. The molecule has 0 radical (unpaired) electrons. The van der Waals surface area contributed by atoms with Crippen molar-refractivity contribution in [2.45, 2.75) is 49.7 Å². The normalized spacial score (nSPS) is 17.5. The van der Waals surface area contributed by atoms with E-state index in [1.807, 2.05) is 60.0 Å². The van der Waals surface area contributed by atoms with Gasteiger partial charge in [0.05, 0.1) is 16.8 Å².